The Balaban J connectivity index is 1.50. The van der Waals surface area contributed by atoms with Gasteiger partial charge in [-0.15, -0.1) is 11.8 Å². The minimum Gasteiger partial charge on any atom is -0.343 e. The second-order valence-corrected chi connectivity index (χ2v) is 10.9. The molecule has 2 aromatic carbocycles. The Bertz CT molecular complexity index is 1210. The summed E-state index contributed by atoms with van der Waals surface area (Å²) in [6.07, 6.45) is 2.13. The summed E-state index contributed by atoms with van der Waals surface area (Å²) in [5, 5.41) is 2.80. The van der Waals surface area contributed by atoms with E-state index in [1.807, 2.05) is 0 Å². The number of fused-ring (bicyclic) bond motifs is 1. The van der Waals surface area contributed by atoms with Crippen molar-refractivity contribution in [3.8, 4) is 0 Å². The molecule has 174 valence electrons. The van der Waals surface area contributed by atoms with Gasteiger partial charge in [0.25, 0.3) is 10.0 Å². The van der Waals surface area contributed by atoms with Gasteiger partial charge in [0, 0.05) is 41.4 Å². The van der Waals surface area contributed by atoms with Crippen molar-refractivity contribution in [1.29, 1.82) is 0 Å². The quantitative estimate of drug-likeness (QED) is 0.604. The summed E-state index contributed by atoms with van der Waals surface area (Å²) in [6.45, 7) is 2.89. The molecule has 1 fully saturated rings. The molecule has 0 spiro atoms. The van der Waals surface area contributed by atoms with E-state index in [4.69, 9.17) is 0 Å². The second-order valence-electron chi connectivity index (χ2n) is 8.19. The van der Waals surface area contributed by atoms with Crippen LogP contribution in [0.3, 0.4) is 0 Å². The number of benzene rings is 2. The van der Waals surface area contributed by atoms with Gasteiger partial charge in [-0.05, 0) is 50.1 Å². The topological polar surface area (TPSA) is 113 Å². The van der Waals surface area contributed by atoms with E-state index in [0.717, 1.165) is 30.8 Å². The first kappa shape index (κ1) is 23.3. The minimum absolute atomic E-state index is 0.0121. The number of amides is 2. The number of Topliss-reactive ketones (excluding diaryl/α,β-unsaturated/α-hetero) is 1. The predicted molar refractivity (Wildman–Crippen MR) is 127 cm³/mol. The Kier molecular flexibility index (Phi) is 6.76. The van der Waals surface area contributed by atoms with E-state index < -0.39 is 15.9 Å². The number of nitrogens with one attached hydrogen (secondary N) is 2. The number of hydrogen-bond donors (Lipinski definition) is 2. The first-order valence-electron chi connectivity index (χ1n) is 10.7. The summed E-state index contributed by atoms with van der Waals surface area (Å²) in [6, 6.07) is 10.8. The summed E-state index contributed by atoms with van der Waals surface area (Å²) < 4.78 is 28.3. The Morgan fingerprint density at radius 1 is 1.15 bits per heavy atom. The fourth-order valence-electron chi connectivity index (χ4n) is 3.87. The SMILES string of the molecule is CC(=O)c1cccc(NS(=O)(=O)c2ccc3c(c2)NC(=O)[C@H](CC(=O)N2CCCC2)CS3)c1. The van der Waals surface area contributed by atoms with Gasteiger partial charge in [0.15, 0.2) is 5.78 Å². The van der Waals surface area contributed by atoms with E-state index in [2.05, 4.69) is 10.0 Å². The highest BCUT2D eigenvalue weighted by molar-refractivity contribution is 7.99. The third-order valence-electron chi connectivity index (χ3n) is 5.73. The first-order valence-corrected chi connectivity index (χ1v) is 13.2. The van der Waals surface area contributed by atoms with Crippen molar-refractivity contribution in [3.63, 3.8) is 0 Å². The van der Waals surface area contributed by atoms with Crippen LogP contribution in [0.25, 0.3) is 0 Å². The highest BCUT2D eigenvalue weighted by atomic mass is 32.2. The monoisotopic (exact) mass is 487 g/mol. The number of anilines is 2. The van der Waals surface area contributed by atoms with Crippen molar-refractivity contribution < 1.29 is 22.8 Å². The van der Waals surface area contributed by atoms with Gasteiger partial charge >= 0.3 is 0 Å². The molecule has 4 rings (SSSR count). The Hall–Kier alpha value is -2.85. The zero-order chi connectivity index (χ0) is 23.6. The van der Waals surface area contributed by atoms with Crippen molar-refractivity contribution in [2.45, 2.75) is 36.0 Å². The molecule has 2 heterocycles. The molecule has 1 saturated heterocycles. The standard InChI is InChI=1S/C23H25N3O5S2/c1-15(27)16-5-4-6-18(11-16)25-33(30,31)19-7-8-21-20(13-19)24-23(29)17(14-32-21)12-22(28)26-9-2-3-10-26/h4-8,11,13,17,25H,2-3,9-10,12,14H2,1H3,(H,24,29)/t17-/m1/s1. The lowest BCUT2D eigenvalue weighted by atomic mass is 10.1. The molecule has 8 nitrogen and oxygen atoms in total. The van der Waals surface area contributed by atoms with Gasteiger partial charge in [-0.2, -0.15) is 0 Å². The lowest BCUT2D eigenvalue weighted by Crippen LogP contribution is -2.33. The molecule has 2 aliphatic heterocycles. The van der Waals surface area contributed by atoms with Crippen molar-refractivity contribution >= 4 is 50.8 Å². The average molecular weight is 488 g/mol. The summed E-state index contributed by atoms with van der Waals surface area (Å²) >= 11 is 1.43. The van der Waals surface area contributed by atoms with Crippen molar-refractivity contribution in [2.24, 2.45) is 5.92 Å². The lowest BCUT2D eigenvalue weighted by Gasteiger charge is -2.18. The summed E-state index contributed by atoms with van der Waals surface area (Å²) in [5.74, 6) is -0.507. The van der Waals surface area contributed by atoms with Gasteiger partial charge in [-0.25, -0.2) is 8.42 Å². The van der Waals surface area contributed by atoms with E-state index in [0.29, 0.717) is 17.0 Å². The van der Waals surface area contributed by atoms with Crippen LogP contribution in [0.1, 0.15) is 36.5 Å². The Morgan fingerprint density at radius 3 is 2.64 bits per heavy atom. The van der Waals surface area contributed by atoms with Gasteiger partial charge in [0.1, 0.15) is 0 Å². The molecular weight excluding hydrogens is 462 g/mol. The predicted octanol–water partition coefficient (Wildman–Crippen LogP) is 3.36. The van der Waals surface area contributed by atoms with E-state index in [1.165, 1.54) is 36.9 Å². The molecule has 0 radical (unpaired) electrons. The van der Waals surface area contributed by atoms with Gasteiger partial charge in [0.2, 0.25) is 11.8 Å². The lowest BCUT2D eigenvalue weighted by molar-refractivity contribution is -0.133. The number of thioether (sulfide) groups is 1. The third-order valence-corrected chi connectivity index (χ3v) is 8.35. The molecule has 2 aromatic rings. The zero-order valence-corrected chi connectivity index (χ0v) is 19.8. The Labute approximate surface area is 197 Å². The average Bonchev–Trinajstić information content (AvgIpc) is 3.27. The first-order chi connectivity index (χ1) is 15.7. The maximum Gasteiger partial charge on any atom is 0.261 e. The van der Waals surface area contributed by atoms with Gasteiger partial charge in [0.05, 0.1) is 16.5 Å². The van der Waals surface area contributed by atoms with Crippen LogP contribution in [0.4, 0.5) is 11.4 Å². The molecule has 2 amide bonds. The molecule has 0 saturated carbocycles. The molecule has 10 heteroatoms. The van der Waals surface area contributed by atoms with E-state index in [1.54, 1.807) is 29.2 Å². The number of carbonyl (C=O) groups is 3. The van der Waals surface area contributed by atoms with E-state index in [-0.39, 0.29) is 34.6 Å². The molecule has 0 bridgehead atoms. The fraction of sp³-hybridized carbons (Fsp3) is 0.348. The maximum absolute atomic E-state index is 12.9. The smallest absolute Gasteiger partial charge is 0.261 e. The third kappa shape index (κ3) is 5.39. The molecule has 2 aliphatic rings. The van der Waals surface area contributed by atoms with E-state index in [9.17, 15) is 22.8 Å². The number of carbonyl (C=O) groups excluding carboxylic acids is 3. The van der Waals surface area contributed by atoms with Crippen molar-refractivity contribution in [3.05, 3.63) is 48.0 Å². The fourth-order valence-corrected chi connectivity index (χ4v) is 6.03. The van der Waals surface area contributed by atoms with Gasteiger partial charge in [-0.1, -0.05) is 12.1 Å². The van der Waals surface area contributed by atoms with Crippen molar-refractivity contribution in [2.75, 3.05) is 28.9 Å². The maximum atomic E-state index is 12.9. The number of hydrogen-bond acceptors (Lipinski definition) is 6. The summed E-state index contributed by atoms with van der Waals surface area (Å²) in [4.78, 5) is 39.4. The number of nitrogens with zero attached hydrogens (tertiary/aromatic N) is 1. The largest absolute Gasteiger partial charge is 0.343 e. The van der Waals surface area contributed by atoms with Crippen LogP contribution in [-0.4, -0.2) is 49.8 Å². The van der Waals surface area contributed by atoms with Crippen molar-refractivity contribution in [1.82, 2.24) is 4.90 Å². The summed E-state index contributed by atoms with van der Waals surface area (Å²) in [7, 11) is -3.94. The normalized spacial score (nSPS) is 18.3. The Morgan fingerprint density at radius 2 is 1.91 bits per heavy atom. The van der Waals surface area contributed by atoms with Crippen LogP contribution in [0.5, 0.6) is 0 Å². The number of ketones is 1. The molecule has 2 N–H and O–H groups in total. The number of likely N-dealkylation sites (tertiary alicyclic amines) is 1. The van der Waals surface area contributed by atoms with Crippen LogP contribution in [-0.2, 0) is 19.6 Å². The molecule has 1 atom stereocenters. The van der Waals surface area contributed by atoms with Gasteiger partial charge in [-0.3, -0.25) is 19.1 Å². The highest BCUT2D eigenvalue weighted by Crippen LogP contribution is 2.35. The minimum atomic E-state index is -3.94. The molecule has 0 aromatic heterocycles. The van der Waals surface area contributed by atoms with Crippen LogP contribution < -0.4 is 10.0 Å². The van der Waals surface area contributed by atoms with Crippen LogP contribution in [0.2, 0.25) is 0 Å². The second kappa shape index (κ2) is 9.56. The molecule has 0 unspecified atom stereocenters. The number of sulfonamides is 1. The van der Waals surface area contributed by atoms with Gasteiger partial charge < -0.3 is 10.2 Å². The summed E-state index contributed by atoms with van der Waals surface area (Å²) in [5.41, 5.74) is 1.08. The van der Waals surface area contributed by atoms with Crippen LogP contribution >= 0.6 is 11.8 Å². The van der Waals surface area contributed by atoms with Crippen LogP contribution in [0.15, 0.2) is 52.3 Å². The highest BCUT2D eigenvalue weighted by Gasteiger charge is 2.30. The molecular formula is C23H25N3O5S2. The molecule has 33 heavy (non-hydrogen) atoms. The number of rotatable bonds is 6. The zero-order valence-electron chi connectivity index (χ0n) is 18.2. The van der Waals surface area contributed by atoms with Crippen LogP contribution in [0, 0.1) is 5.92 Å². The van der Waals surface area contributed by atoms with E-state index >= 15 is 0 Å². The molecule has 0 aliphatic carbocycles.